The summed E-state index contributed by atoms with van der Waals surface area (Å²) in [6.07, 6.45) is 1.81. The van der Waals surface area contributed by atoms with Crippen molar-refractivity contribution < 1.29 is 9.32 Å². The fraction of sp³-hybridized carbons (Fsp3) is 0.429. The lowest BCUT2D eigenvalue weighted by atomic mass is 10.1. The summed E-state index contributed by atoms with van der Waals surface area (Å²) in [5, 5.41) is 9.47. The fourth-order valence-corrected chi connectivity index (χ4v) is 1.91. The minimum Gasteiger partial charge on any atom is -0.373 e. The summed E-state index contributed by atoms with van der Waals surface area (Å²) in [5.41, 5.74) is 1.46. The Morgan fingerprint density at radius 1 is 1.33 bits per heavy atom. The Kier molecular flexibility index (Phi) is 4.86. The monoisotopic (exact) mass is 289 g/mol. The fourth-order valence-electron chi connectivity index (χ4n) is 1.91. The van der Waals surface area contributed by atoms with E-state index in [9.17, 15) is 4.79 Å². The maximum absolute atomic E-state index is 12.2. The molecule has 0 bridgehead atoms. The molecule has 0 saturated heterocycles. The molecule has 0 atom stereocenters. The zero-order chi connectivity index (χ0) is 15.2. The lowest BCUT2D eigenvalue weighted by Gasteiger charge is -2.08. The van der Waals surface area contributed by atoms with Crippen LogP contribution in [0.4, 0.5) is 5.82 Å². The molecule has 2 aromatic heterocycles. The molecule has 0 spiro atoms. The maximum Gasteiger partial charge on any atom is 0.251 e. The molecule has 0 fully saturated rings. The lowest BCUT2D eigenvalue weighted by Crippen LogP contribution is -2.24. The average molecular weight is 289 g/mol. The van der Waals surface area contributed by atoms with E-state index in [-0.39, 0.29) is 12.5 Å². The maximum atomic E-state index is 12.2. The van der Waals surface area contributed by atoms with E-state index in [1.807, 2.05) is 0 Å². The Labute approximate surface area is 123 Å². The number of aryl methyl sites for hydroxylation is 2. The highest BCUT2D eigenvalue weighted by Gasteiger charge is 2.11. The molecule has 1 amide bonds. The zero-order valence-electron chi connectivity index (χ0n) is 12.4. The predicted molar refractivity (Wildman–Crippen MR) is 78.0 cm³/mol. The summed E-state index contributed by atoms with van der Waals surface area (Å²) < 4.78 is 4.86. The topological polar surface area (TPSA) is 92.9 Å². The van der Waals surface area contributed by atoms with E-state index in [1.54, 1.807) is 26.1 Å². The smallest absolute Gasteiger partial charge is 0.251 e. The van der Waals surface area contributed by atoms with E-state index in [1.165, 1.54) is 0 Å². The van der Waals surface area contributed by atoms with Crippen molar-refractivity contribution in [3.63, 3.8) is 0 Å². The van der Waals surface area contributed by atoms with E-state index in [0.717, 1.165) is 18.5 Å². The molecule has 2 aromatic rings. The van der Waals surface area contributed by atoms with Crippen LogP contribution in [-0.2, 0) is 13.0 Å². The molecule has 2 heterocycles. The van der Waals surface area contributed by atoms with Crippen LogP contribution in [-0.4, -0.2) is 28.1 Å². The molecule has 0 aromatic carbocycles. The first-order valence-electron chi connectivity index (χ1n) is 6.88. The van der Waals surface area contributed by atoms with Crippen LogP contribution in [0.25, 0.3) is 0 Å². The molecule has 7 nitrogen and oxygen atoms in total. The van der Waals surface area contributed by atoms with Crippen LogP contribution < -0.4 is 10.6 Å². The van der Waals surface area contributed by atoms with Crippen molar-refractivity contribution in [2.75, 3.05) is 12.4 Å². The van der Waals surface area contributed by atoms with Crippen molar-refractivity contribution in [3.8, 4) is 0 Å². The Morgan fingerprint density at radius 2 is 2.14 bits per heavy atom. The highest BCUT2D eigenvalue weighted by atomic mass is 16.5. The van der Waals surface area contributed by atoms with Gasteiger partial charge in [0.15, 0.2) is 5.82 Å². The number of rotatable bonds is 6. The highest BCUT2D eigenvalue weighted by Crippen LogP contribution is 2.12. The van der Waals surface area contributed by atoms with Crippen molar-refractivity contribution in [1.29, 1.82) is 0 Å². The normalized spacial score (nSPS) is 10.4. The van der Waals surface area contributed by atoms with Gasteiger partial charge in [-0.3, -0.25) is 4.79 Å². The second-order valence-corrected chi connectivity index (χ2v) is 4.64. The van der Waals surface area contributed by atoms with Gasteiger partial charge in [0.05, 0.1) is 6.54 Å². The number of hydrogen-bond acceptors (Lipinski definition) is 6. The van der Waals surface area contributed by atoms with Gasteiger partial charge in [-0.15, -0.1) is 0 Å². The van der Waals surface area contributed by atoms with Gasteiger partial charge in [-0.05, 0) is 18.6 Å². The molecular formula is C14H19N5O2. The summed E-state index contributed by atoms with van der Waals surface area (Å²) >= 11 is 0. The van der Waals surface area contributed by atoms with Crippen molar-refractivity contribution in [2.45, 2.75) is 33.2 Å². The predicted octanol–water partition coefficient (Wildman–Crippen LogP) is 1.70. The van der Waals surface area contributed by atoms with Crippen molar-refractivity contribution >= 4 is 11.7 Å². The van der Waals surface area contributed by atoms with Crippen LogP contribution in [0.1, 0.15) is 41.1 Å². The Hall–Kier alpha value is -2.44. The quantitative estimate of drug-likeness (QED) is 0.840. The first kappa shape index (κ1) is 15.0. The number of hydrogen-bond donors (Lipinski definition) is 2. The van der Waals surface area contributed by atoms with Crippen LogP contribution in [0.15, 0.2) is 16.7 Å². The van der Waals surface area contributed by atoms with Crippen LogP contribution in [0.3, 0.4) is 0 Å². The van der Waals surface area contributed by atoms with E-state index >= 15 is 0 Å². The van der Waals surface area contributed by atoms with Crippen LogP contribution in [0.2, 0.25) is 0 Å². The SMILES string of the molecule is CCCc1cc(C(=O)NCc2noc(C)n2)cc(NC)n1. The molecule has 0 aliphatic rings. The van der Waals surface area contributed by atoms with Crippen molar-refractivity contribution in [3.05, 3.63) is 35.1 Å². The minimum absolute atomic E-state index is 0.186. The summed E-state index contributed by atoms with van der Waals surface area (Å²) in [4.78, 5) is 20.7. The van der Waals surface area contributed by atoms with E-state index in [2.05, 4.69) is 32.7 Å². The number of carbonyl (C=O) groups excluding carboxylic acids is 1. The largest absolute Gasteiger partial charge is 0.373 e. The van der Waals surface area contributed by atoms with Crippen molar-refractivity contribution in [2.24, 2.45) is 0 Å². The molecule has 0 unspecified atom stereocenters. The third-order valence-electron chi connectivity index (χ3n) is 2.88. The second-order valence-electron chi connectivity index (χ2n) is 4.64. The van der Waals surface area contributed by atoms with Gasteiger partial charge in [0.2, 0.25) is 5.89 Å². The summed E-state index contributed by atoms with van der Waals surface area (Å²) in [7, 11) is 1.78. The Balaban J connectivity index is 2.08. The standard InChI is InChI=1S/C14H19N5O2/c1-4-5-11-6-10(7-12(15-3)18-11)14(20)16-8-13-17-9(2)21-19-13/h6-7H,4-5,8H2,1-3H3,(H,15,18)(H,16,20). The van der Waals surface area contributed by atoms with E-state index in [0.29, 0.717) is 23.1 Å². The molecule has 0 aliphatic heterocycles. The molecule has 7 heteroatoms. The number of amides is 1. The van der Waals surface area contributed by atoms with Gasteiger partial charge in [-0.2, -0.15) is 4.98 Å². The third-order valence-corrected chi connectivity index (χ3v) is 2.88. The van der Waals surface area contributed by atoms with Gasteiger partial charge in [-0.1, -0.05) is 18.5 Å². The molecule has 2 N–H and O–H groups in total. The van der Waals surface area contributed by atoms with Gasteiger partial charge in [0.25, 0.3) is 5.91 Å². The van der Waals surface area contributed by atoms with Gasteiger partial charge in [-0.25, -0.2) is 4.98 Å². The highest BCUT2D eigenvalue weighted by molar-refractivity contribution is 5.94. The van der Waals surface area contributed by atoms with Crippen LogP contribution >= 0.6 is 0 Å². The number of nitrogens with zero attached hydrogens (tertiary/aromatic N) is 3. The molecule has 21 heavy (non-hydrogen) atoms. The van der Waals surface area contributed by atoms with Gasteiger partial charge in [0.1, 0.15) is 5.82 Å². The van der Waals surface area contributed by atoms with Gasteiger partial charge in [0, 0.05) is 25.2 Å². The second kappa shape index (κ2) is 6.83. The number of carbonyl (C=O) groups is 1. The summed E-state index contributed by atoms with van der Waals surface area (Å²) in [6, 6.07) is 3.52. The summed E-state index contributed by atoms with van der Waals surface area (Å²) in [5.74, 6) is 1.43. The third kappa shape index (κ3) is 4.01. The number of anilines is 1. The Bertz CT molecular complexity index is 624. The number of aromatic nitrogens is 3. The molecule has 112 valence electrons. The minimum atomic E-state index is -0.186. The summed E-state index contributed by atoms with van der Waals surface area (Å²) in [6.45, 7) is 4.01. The lowest BCUT2D eigenvalue weighted by molar-refractivity contribution is 0.0949. The molecule has 0 radical (unpaired) electrons. The average Bonchev–Trinajstić information content (AvgIpc) is 2.90. The number of pyridine rings is 1. The van der Waals surface area contributed by atoms with E-state index in [4.69, 9.17) is 4.52 Å². The van der Waals surface area contributed by atoms with E-state index < -0.39 is 0 Å². The van der Waals surface area contributed by atoms with Gasteiger partial charge < -0.3 is 15.2 Å². The van der Waals surface area contributed by atoms with Crippen LogP contribution in [0, 0.1) is 6.92 Å². The molecular weight excluding hydrogens is 270 g/mol. The van der Waals surface area contributed by atoms with Crippen molar-refractivity contribution in [1.82, 2.24) is 20.4 Å². The zero-order valence-corrected chi connectivity index (χ0v) is 12.4. The Morgan fingerprint density at radius 3 is 2.76 bits per heavy atom. The molecule has 0 aliphatic carbocycles. The van der Waals surface area contributed by atoms with Gasteiger partial charge >= 0.3 is 0 Å². The van der Waals surface area contributed by atoms with Crippen LogP contribution in [0.5, 0.6) is 0 Å². The molecule has 2 rings (SSSR count). The number of nitrogens with one attached hydrogen (secondary N) is 2. The first-order valence-corrected chi connectivity index (χ1v) is 6.88. The first-order chi connectivity index (χ1) is 10.1. The molecule has 0 saturated carbocycles.